The van der Waals surface area contributed by atoms with Crippen LogP contribution in [0.25, 0.3) is 0 Å². The molecule has 0 bridgehead atoms. The summed E-state index contributed by atoms with van der Waals surface area (Å²) >= 11 is 0. The lowest BCUT2D eigenvalue weighted by Gasteiger charge is -2.24. The Bertz CT molecular complexity index is 1160. The maximum atomic E-state index is 12.8. The fraction of sp³-hybridized carbons (Fsp3) is 0.286. The van der Waals surface area contributed by atoms with Crippen LogP contribution >= 0.6 is 0 Å². The van der Waals surface area contributed by atoms with Crippen molar-refractivity contribution in [2.75, 3.05) is 31.1 Å². The summed E-state index contributed by atoms with van der Waals surface area (Å²) in [5.74, 6) is 0.907. The summed E-state index contributed by atoms with van der Waals surface area (Å²) in [5.41, 5.74) is 3.66. The van der Waals surface area contributed by atoms with Gasteiger partial charge in [0.2, 0.25) is 5.91 Å². The molecule has 0 aromatic heterocycles. The van der Waals surface area contributed by atoms with E-state index in [0.29, 0.717) is 31.6 Å². The number of para-hydroxylation sites is 1. The highest BCUT2D eigenvalue weighted by Crippen LogP contribution is 2.30. The molecule has 3 aromatic carbocycles. The Morgan fingerprint density at radius 1 is 1.00 bits per heavy atom. The van der Waals surface area contributed by atoms with Crippen molar-refractivity contribution >= 4 is 17.5 Å². The molecule has 2 heterocycles. The molecule has 34 heavy (non-hydrogen) atoms. The molecule has 0 aliphatic carbocycles. The summed E-state index contributed by atoms with van der Waals surface area (Å²) in [7, 11) is 0. The second-order valence-corrected chi connectivity index (χ2v) is 8.82. The van der Waals surface area contributed by atoms with E-state index in [0.717, 1.165) is 42.1 Å². The number of nitrogens with zero attached hydrogens (tertiary/aromatic N) is 2. The fourth-order valence-corrected chi connectivity index (χ4v) is 4.66. The van der Waals surface area contributed by atoms with Crippen molar-refractivity contribution in [3.63, 3.8) is 0 Å². The van der Waals surface area contributed by atoms with Gasteiger partial charge in [-0.25, -0.2) is 0 Å². The molecule has 0 unspecified atom stereocenters. The van der Waals surface area contributed by atoms with Crippen molar-refractivity contribution < 1.29 is 14.3 Å². The van der Waals surface area contributed by atoms with E-state index >= 15 is 0 Å². The molecule has 6 heteroatoms. The van der Waals surface area contributed by atoms with Crippen LogP contribution in [0.3, 0.4) is 0 Å². The molecule has 0 spiro atoms. The lowest BCUT2D eigenvalue weighted by Crippen LogP contribution is -2.36. The second-order valence-electron chi connectivity index (χ2n) is 8.82. The number of ether oxygens (including phenoxy) is 1. The molecular weight excluding hydrogens is 426 g/mol. The van der Waals surface area contributed by atoms with E-state index in [1.54, 1.807) is 17.0 Å². The van der Waals surface area contributed by atoms with Gasteiger partial charge < -0.3 is 15.0 Å². The third-order valence-corrected chi connectivity index (χ3v) is 6.44. The Morgan fingerprint density at radius 2 is 1.82 bits per heavy atom. The van der Waals surface area contributed by atoms with E-state index < -0.39 is 0 Å². The molecule has 3 aromatic rings. The van der Waals surface area contributed by atoms with Gasteiger partial charge in [-0.2, -0.15) is 0 Å². The molecule has 2 aliphatic heterocycles. The summed E-state index contributed by atoms with van der Waals surface area (Å²) < 4.78 is 6.38. The highest BCUT2D eigenvalue weighted by Gasteiger charge is 2.25. The first-order valence-corrected chi connectivity index (χ1v) is 11.9. The molecule has 0 saturated carbocycles. The number of amides is 2. The minimum absolute atomic E-state index is 0.0739. The highest BCUT2D eigenvalue weighted by atomic mass is 16.5. The predicted octanol–water partition coefficient (Wildman–Crippen LogP) is 4.18. The number of fused-ring (bicyclic) bond motifs is 1. The quantitative estimate of drug-likeness (QED) is 0.606. The number of benzene rings is 3. The minimum Gasteiger partial charge on any atom is -0.484 e. The van der Waals surface area contributed by atoms with Crippen LogP contribution in [-0.2, 0) is 11.3 Å². The van der Waals surface area contributed by atoms with Crippen LogP contribution < -0.4 is 15.0 Å². The van der Waals surface area contributed by atoms with Crippen molar-refractivity contribution in [2.24, 2.45) is 0 Å². The number of carbonyl (C=O) groups excluding carboxylic acids is 2. The summed E-state index contributed by atoms with van der Waals surface area (Å²) in [6.45, 7) is 3.44. The van der Waals surface area contributed by atoms with Crippen LogP contribution in [-0.4, -0.2) is 42.9 Å². The summed E-state index contributed by atoms with van der Waals surface area (Å²) in [6, 6.07) is 25.7. The average Bonchev–Trinajstić information content (AvgIpc) is 3.21. The van der Waals surface area contributed by atoms with Crippen LogP contribution in [0.2, 0.25) is 0 Å². The molecule has 5 rings (SSSR count). The van der Waals surface area contributed by atoms with E-state index in [9.17, 15) is 9.59 Å². The summed E-state index contributed by atoms with van der Waals surface area (Å²) in [5, 5.41) is 3.05. The molecule has 0 radical (unpaired) electrons. The first-order chi connectivity index (χ1) is 16.7. The van der Waals surface area contributed by atoms with Gasteiger partial charge in [-0.05, 0) is 36.2 Å². The molecule has 1 N–H and O–H groups in total. The molecule has 6 nitrogen and oxygen atoms in total. The molecular formula is C28H29N3O3. The zero-order chi connectivity index (χ0) is 23.3. The van der Waals surface area contributed by atoms with E-state index in [2.05, 4.69) is 28.4 Å². The molecule has 1 fully saturated rings. The Balaban J connectivity index is 1.24. The van der Waals surface area contributed by atoms with Crippen molar-refractivity contribution in [1.82, 2.24) is 10.2 Å². The standard InChI is InChI=1S/C28H29N3O3/c32-27-14-7-16-31(27)24-12-6-11-22(18-24)28(33)29-15-17-30-19-23-10-4-5-13-25(23)34-26(20-30)21-8-2-1-3-9-21/h1-6,8-13,18,26H,7,14-17,19-20H2,(H,29,33)/t26-/m0/s1. The van der Waals surface area contributed by atoms with Crippen molar-refractivity contribution in [3.8, 4) is 5.75 Å². The highest BCUT2D eigenvalue weighted by molar-refractivity contribution is 5.99. The van der Waals surface area contributed by atoms with Crippen LogP contribution in [0.4, 0.5) is 5.69 Å². The number of anilines is 1. The zero-order valence-corrected chi connectivity index (χ0v) is 19.2. The molecule has 174 valence electrons. The molecule has 1 saturated heterocycles. The maximum Gasteiger partial charge on any atom is 0.251 e. The second kappa shape index (κ2) is 10.1. The third kappa shape index (κ3) is 4.97. The predicted molar refractivity (Wildman–Crippen MR) is 132 cm³/mol. The topological polar surface area (TPSA) is 61.9 Å². The Morgan fingerprint density at radius 3 is 2.65 bits per heavy atom. The first-order valence-electron chi connectivity index (χ1n) is 11.9. The Labute approximate surface area is 200 Å². The molecule has 2 amide bonds. The monoisotopic (exact) mass is 455 g/mol. The number of hydrogen-bond donors (Lipinski definition) is 1. The van der Waals surface area contributed by atoms with Crippen molar-refractivity contribution in [3.05, 3.63) is 95.6 Å². The van der Waals surface area contributed by atoms with Crippen LogP contribution in [0, 0.1) is 0 Å². The fourth-order valence-electron chi connectivity index (χ4n) is 4.66. The first kappa shape index (κ1) is 22.2. The van der Waals surface area contributed by atoms with E-state index in [4.69, 9.17) is 4.74 Å². The molecule has 2 aliphatic rings. The average molecular weight is 456 g/mol. The van der Waals surface area contributed by atoms with Crippen LogP contribution in [0.1, 0.15) is 40.4 Å². The Hall–Kier alpha value is -3.64. The van der Waals surface area contributed by atoms with Gasteiger partial charge in [-0.1, -0.05) is 54.6 Å². The van der Waals surface area contributed by atoms with Crippen LogP contribution in [0.5, 0.6) is 5.75 Å². The smallest absolute Gasteiger partial charge is 0.251 e. The number of nitrogens with one attached hydrogen (secondary N) is 1. The zero-order valence-electron chi connectivity index (χ0n) is 19.2. The van der Waals surface area contributed by atoms with Gasteiger partial charge in [0.1, 0.15) is 11.9 Å². The SMILES string of the molecule is O=C(NCCN1Cc2ccccc2O[C@H](c2ccccc2)C1)c1cccc(N2CCCC2=O)c1. The largest absolute Gasteiger partial charge is 0.484 e. The number of hydrogen-bond acceptors (Lipinski definition) is 4. The molecule has 1 atom stereocenters. The lowest BCUT2D eigenvalue weighted by atomic mass is 10.1. The van der Waals surface area contributed by atoms with E-state index in [1.807, 2.05) is 48.5 Å². The van der Waals surface area contributed by atoms with Gasteiger partial charge >= 0.3 is 0 Å². The van der Waals surface area contributed by atoms with Crippen molar-refractivity contribution in [2.45, 2.75) is 25.5 Å². The van der Waals surface area contributed by atoms with Gasteiger partial charge in [0, 0.05) is 56.0 Å². The number of carbonyl (C=O) groups is 2. The van der Waals surface area contributed by atoms with Gasteiger partial charge in [0.15, 0.2) is 0 Å². The minimum atomic E-state index is -0.125. The van der Waals surface area contributed by atoms with E-state index in [1.165, 1.54) is 0 Å². The summed E-state index contributed by atoms with van der Waals surface area (Å²) in [6.07, 6.45) is 1.36. The van der Waals surface area contributed by atoms with Crippen LogP contribution in [0.15, 0.2) is 78.9 Å². The number of rotatable bonds is 6. The van der Waals surface area contributed by atoms with Gasteiger partial charge in [0.05, 0.1) is 0 Å². The Kier molecular flexibility index (Phi) is 6.58. The normalized spacial score (nSPS) is 18.2. The van der Waals surface area contributed by atoms with Crippen molar-refractivity contribution in [1.29, 1.82) is 0 Å². The lowest BCUT2D eigenvalue weighted by molar-refractivity contribution is -0.117. The van der Waals surface area contributed by atoms with Gasteiger partial charge in [-0.3, -0.25) is 14.5 Å². The maximum absolute atomic E-state index is 12.8. The van der Waals surface area contributed by atoms with Gasteiger partial charge in [0.25, 0.3) is 5.91 Å². The van der Waals surface area contributed by atoms with E-state index in [-0.39, 0.29) is 17.9 Å². The summed E-state index contributed by atoms with van der Waals surface area (Å²) in [4.78, 5) is 29.0. The third-order valence-electron chi connectivity index (χ3n) is 6.44. The van der Waals surface area contributed by atoms with Gasteiger partial charge in [-0.15, -0.1) is 0 Å².